The third-order valence-corrected chi connectivity index (χ3v) is 2.55. The molecule has 0 atom stereocenters. The van der Waals surface area contributed by atoms with Gasteiger partial charge in [0.25, 0.3) is 0 Å². The van der Waals surface area contributed by atoms with Crippen molar-refractivity contribution in [3.05, 3.63) is 53.9 Å². The van der Waals surface area contributed by atoms with Crippen LogP contribution in [0.5, 0.6) is 6.01 Å². The van der Waals surface area contributed by atoms with Crippen molar-refractivity contribution >= 4 is 12.2 Å². The lowest BCUT2D eigenvalue weighted by Crippen LogP contribution is -2.10. The van der Waals surface area contributed by atoms with Gasteiger partial charge in [-0.2, -0.15) is 0 Å². The van der Waals surface area contributed by atoms with Crippen LogP contribution in [0.1, 0.15) is 11.1 Å². The fourth-order valence-corrected chi connectivity index (χ4v) is 1.55. The van der Waals surface area contributed by atoms with Gasteiger partial charge in [-0.25, -0.2) is 9.97 Å². The molecule has 2 rings (SSSR count). The number of aliphatic hydroxyl groups excluding tert-OH is 1. The predicted molar refractivity (Wildman–Crippen MR) is 79.6 cm³/mol. The summed E-state index contributed by atoms with van der Waals surface area (Å²) < 4.78 is 10.4. The van der Waals surface area contributed by atoms with Gasteiger partial charge in [0.2, 0.25) is 0 Å². The summed E-state index contributed by atoms with van der Waals surface area (Å²) in [4.78, 5) is 8.23. The molecule has 1 heterocycles. The van der Waals surface area contributed by atoms with Crippen LogP contribution in [0.2, 0.25) is 0 Å². The second kappa shape index (κ2) is 8.84. The molecular weight excluding hydrogens is 268 g/mol. The number of ether oxygens (including phenoxy) is 2. The number of benzene rings is 1. The Morgan fingerprint density at radius 2 is 1.71 bits per heavy atom. The Balaban J connectivity index is 1.80. The van der Waals surface area contributed by atoms with Gasteiger partial charge < -0.3 is 14.6 Å². The van der Waals surface area contributed by atoms with E-state index in [1.807, 2.05) is 36.4 Å². The molecule has 0 saturated heterocycles. The van der Waals surface area contributed by atoms with Crippen molar-refractivity contribution in [2.24, 2.45) is 0 Å². The molecule has 5 nitrogen and oxygen atoms in total. The molecule has 0 spiro atoms. The molecule has 1 aromatic heterocycles. The van der Waals surface area contributed by atoms with Gasteiger partial charge in [-0.05, 0) is 11.6 Å². The number of hydrogen-bond acceptors (Lipinski definition) is 5. The molecule has 1 aromatic carbocycles. The zero-order valence-electron chi connectivity index (χ0n) is 11.6. The average Bonchev–Trinajstić information content (AvgIpc) is 2.55. The normalized spacial score (nSPS) is 10.9. The van der Waals surface area contributed by atoms with E-state index in [1.54, 1.807) is 12.4 Å². The van der Waals surface area contributed by atoms with Crippen molar-refractivity contribution in [1.29, 1.82) is 0 Å². The van der Waals surface area contributed by atoms with E-state index in [-0.39, 0.29) is 6.61 Å². The van der Waals surface area contributed by atoms with Crippen LogP contribution >= 0.6 is 0 Å². The van der Waals surface area contributed by atoms with Crippen molar-refractivity contribution in [1.82, 2.24) is 9.97 Å². The third-order valence-electron chi connectivity index (χ3n) is 2.55. The van der Waals surface area contributed by atoms with Gasteiger partial charge in [0.1, 0.15) is 6.61 Å². The van der Waals surface area contributed by atoms with Crippen LogP contribution in [0.15, 0.2) is 36.7 Å². The van der Waals surface area contributed by atoms with Gasteiger partial charge >= 0.3 is 6.01 Å². The highest BCUT2D eigenvalue weighted by Crippen LogP contribution is 2.08. The first kappa shape index (κ1) is 15.2. The molecule has 0 unspecified atom stereocenters. The minimum atomic E-state index is 0.0109. The van der Waals surface area contributed by atoms with Crippen molar-refractivity contribution in [2.75, 3.05) is 26.4 Å². The maximum absolute atomic E-state index is 8.55. The molecule has 109 valence electrons. The quantitative estimate of drug-likeness (QED) is 0.750. The number of aliphatic hydroxyl groups is 1. The largest absolute Gasteiger partial charge is 0.461 e. The van der Waals surface area contributed by atoms with E-state index in [2.05, 4.69) is 16.0 Å². The Morgan fingerprint density at radius 1 is 1.00 bits per heavy atom. The number of nitrogens with zero attached hydrogens (tertiary/aromatic N) is 2. The van der Waals surface area contributed by atoms with E-state index >= 15 is 0 Å². The lowest BCUT2D eigenvalue weighted by Gasteiger charge is -2.04. The van der Waals surface area contributed by atoms with Gasteiger partial charge in [-0.1, -0.05) is 36.4 Å². The molecule has 2 aromatic rings. The lowest BCUT2D eigenvalue weighted by atomic mass is 10.2. The zero-order chi connectivity index (χ0) is 14.8. The maximum atomic E-state index is 8.55. The first-order valence-corrected chi connectivity index (χ1v) is 6.66. The van der Waals surface area contributed by atoms with Crippen LogP contribution in [0.4, 0.5) is 0 Å². The summed E-state index contributed by atoms with van der Waals surface area (Å²) >= 11 is 0. The van der Waals surface area contributed by atoms with Crippen LogP contribution in [0, 0.1) is 6.07 Å². The van der Waals surface area contributed by atoms with Crippen LogP contribution in [-0.2, 0) is 4.74 Å². The summed E-state index contributed by atoms with van der Waals surface area (Å²) in [6.45, 7) is 1.08. The third kappa shape index (κ3) is 5.72. The maximum Gasteiger partial charge on any atom is 0.316 e. The van der Waals surface area contributed by atoms with Crippen LogP contribution < -0.4 is 4.74 Å². The first-order valence-electron chi connectivity index (χ1n) is 6.66. The molecular formula is C16H17N2O3. The van der Waals surface area contributed by atoms with Crippen molar-refractivity contribution in [3.8, 4) is 6.01 Å². The van der Waals surface area contributed by atoms with Gasteiger partial charge in [-0.3, -0.25) is 0 Å². The highest BCUT2D eigenvalue weighted by atomic mass is 16.5. The second-order valence-electron chi connectivity index (χ2n) is 4.15. The molecule has 21 heavy (non-hydrogen) atoms. The summed E-state index contributed by atoms with van der Waals surface area (Å²) in [6, 6.07) is 11.0. The van der Waals surface area contributed by atoms with Crippen LogP contribution in [0.25, 0.3) is 12.2 Å². The first-order chi connectivity index (χ1) is 10.4. The van der Waals surface area contributed by atoms with Crippen LogP contribution in [0.3, 0.4) is 0 Å². The molecule has 0 bridgehead atoms. The summed E-state index contributed by atoms with van der Waals surface area (Å²) in [5.41, 5.74) is 1.99. The van der Waals surface area contributed by atoms with Crippen molar-refractivity contribution in [2.45, 2.75) is 0 Å². The summed E-state index contributed by atoms with van der Waals surface area (Å²) in [7, 11) is 0. The Morgan fingerprint density at radius 3 is 2.43 bits per heavy atom. The Bertz CT molecular complexity index is 541. The average molecular weight is 285 g/mol. The Labute approximate surface area is 123 Å². The minimum absolute atomic E-state index is 0.0109. The van der Waals surface area contributed by atoms with Gasteiger partial charge in [-0.15, -0.1) is 0 Å². The molecule has 0 saturated carbocycles. The minimum Gasteiger partial charge on any atom is -0.461 e. The standard InChI is InChI=1S/C16H17N2O3/c19-8-9-20-10-11-21-16-17-12-15(13-18-16)7-6-14-4-2-1-3-5-14/h2-7,12-13,19H,8-11H2/b7-6+. The number of aromatic nitrogens is 2. The fraction of sp³-hybridized carbons (Fsp3) is 0.250. The summed E-state index contributed by atoms with van der Waals surface area (Å²) in [5.74, 6) is 0. The van der Waals surface area contributed by atoms with E-state index in [1.165, 1.54) is 0 Å². The Kier molecular flexibility index (Phi) is 6.38. The highest BCUT2D eigenvalue weighted by Gasteiger charge is 1.97. The van der Waals surface area contributed by atoms with Gasteiger partial charge in [0.05, 0.1) is 19.8 Å². The molecule has 0 fully saturated rings. The summed E-state index contributed by atoms with van der Waals surface area (Å²) in [6.07, 6.45) is 7.31. The van der Waals surface area contributed by atoms with E-state index < -0.39 is 0 Å². The topological polar surface area (TPSA) is 64.5 Å². The van der Waals surface area contributed by atoms with Crippen molar-refractivity contribution in [3.63, 3.8) is 0 Å². The van der Waals surface area contributed by atoms with Gasteiger partial charge in [0.15, 0.2) is 0 Å². The fourth-order valence-electron chi connectivity index (χ4n) is 1.55. The molecule has 0 aliphatic rings. The van der Waals surface area contributed by atoms with Crippen molar-refractivity contribution < 1.29 is 14.6 Å². The van der Waals surface area contributed by atoms with Gasteiger partial charge in [0, 0.05) is 18.0 Å². The zero-order valence-corrected chi connectivity index (χ0v) is 11.6. The van der Waals surface area contributed by atoms with E-state index in [4.69, 9.17) is 14.6 Å². The monoisotopic (exact) mass is 285 g/mol. The number of hydrogen-bond donors (Lipinski definition) is 1. The lowest BCUT2D eigenvalue weighted by molar-refractivity contribution is 0.0683. The molecule has 0 aliphatic heterocycles. The molecule has 5 heteroatoms. The second-order valence-corrected chi connectivity index (χ2v) is 4.15. The smallest absolute Gasteiger partial charge is 0.316 e. The molecule has 1 radical (unpaired) electrons. The highest BCUT2D eigenvalue weighted by molar-refractivity contribution is 5.68. The molecule has 0 aliphatic carbocycles. The Hall–Kier alpha value is -2.24. The summed E-state index contributed by atoms with van der Waals surface area (Å²) in [5, 5.41) is 8.55. The predicted octanol–water partition coefficient (Wildman–Crippen LogP) is 1.83. The molecule has 1 N–H and O–H groups in total. The van der Waals surface area contributed by atoms with E-state index in [0.29, 0.717) is 25.8 Å². The van der Waals surface area contributed by atoms with Crippen LogP contribution in [-0.4, -0.2) is 41.5 Å². The van der Waals surface area contributed by atoms with E-state index in [0.717, 1.165) is 11.1 Å². The molecule has 0 amide bonds. The SMILES string of the molecule is OCCOCCOc1ncc(/C=C/c2cc[c]cc2)cn1. The van der Waals surface area contributed by atoms with E-state index in [9.17, 15) is 0 Å². The number of rotatable bonds is 8.